The lowest BCUT2D eigenvalue weighted by Crippen LogP contribution is -2.17. The highest BCUT2D eigenvalue weighted by atomic mass is 16.5. The van der Waals surface area contributed by atoms with E-state index in [4.69, 9.17) is 19.9 Å². The summed E-state index contributed by atoms with van der Waals surface area (Å²) in [6.07, 6.45) is 4.64. The van der Waals surface area contributed by atoms with Crippen molar-refractivity contribution in [1.29, 1.82) is 0 Å². The average molecular weight is 271 g/mol. The third-order valence-corrected chi connectivity index (χ3v) is 2.52. The van der Waals surface area contributed by atoms with Crippen LogP contribution in [0.25, 0.3) is 0 Å². The van der Waals surface area contributed by atoms with Crippen molar-refractivity contribution in [2.45, 2.75) is 25.9 Å². The van der Waals surface area contributed by atoms with E-state index < -0.39 is 0 Å². The standard InChI is InChI=1S/C13H25N3O3/c1-12(14)9-13-10-16(11-15-13)3-4-18-7-8-19-6-5-17-2/h10-12H,3-9,14H2,1-2H3. The van der Waals surface area contributed by atoms with Gasteiger partial charge < -0.3 is 24.5 Å². The first-order valence-electron chi connectivity index (χ1n) is 6.63. The topological polar surface area (TPSA) is 71.5 Å². The molecule has 1 atom stereocenters. The van der Waals surface area contributed by atoms with Gasteiger partial charge in [-0.05, 0) is 6.92 Å². The minimum Gasteiger partial charge on any atom is -0.382 e. The molecule has 0 aliphatic carbocycles. The molecule has 0 spiro atoms. The van der Waals surface area contributed by atoms with Crippen LogP contribution in [0.15, 0.2) is 12.5 Å². The van der Waals surface area contributed by atoms with Crippen molar-refractivity contribution < 1.29 is 14.2 Å². The maximum absolute atomic E-state index is 5.73. The number of rotatable bonds is 11. The summed E-state index contributed by atoms with van der Waals surface area (Å²) in [5.41, 5.74) is 6.75. The minimum absolute atomic E-state index is 0.142. The van der Waals surface area contributed by atoms with Gasteiger partial charge >= 0.3 is 0 Å². The first kappa shape index (κ1) is 16.1. The van der Waals surface area contributed by atoms with E-state index in [1.54, 1.807) is 7.11 Å². The molecule has 110 valence electrons. The molecule has 1 heterocycles. The summed E-state index contributed by atoms with van der Waals surface area (Å²) in [6.45, 7) is 5.87. The van der Waals surface area contributed by atoms with Gasteiger partial charge in [-0.25, -0.2) is 4.98 Å². The molecule has 0 saturated carbocycles. The molecular weight excluding hydrogens is 246 g/mol. The van der Waals surface area contributed by atoms with Gasteiger partial charge in [-0.3, -0.25) is 0 Å². The van der Waals surface area contributed by atoms with Gasteiger partial charge in [0.1, 0.15) is 0 Å². The minimum atomic E-state index is 0.142. The number of imidazole rings is 1. The highest BCUT2D eigenvalue weighted by molar-refractivity contribution is 4.98. The average Bonchev–Trinajstić information content (AvgIpc) is 2.79. The number of hydrogen-bond acceptors (Lipinski definition) is 5. The molecule has 1 aromatic rings. The van der Waals surface area contributed by atoms with Crippen molar-refractivity contribution in [1.82, 2.24) is 9.55 Å². The Kier molecular flexibility index (Phi) is 8.40. The second kappa shape index (κ2) is 9.91. The summed E-state index contributed by atoms with van der Waals surface area (Å²) in [5.74, 6) is 0. The van der Waals surface area contributed by atoms with E-state index in [0.717, 1.165) is 18.7 Å². The van der Waals surface area contributed by atoms with E-state index in [-0.39, 0.29) is 6.04 Å². The molecule has 2 N–H and O–H groups in total. The summed E-state index contributed by atoms with van der Waals surface area (Å²) in [7, 11) is 1.66. The van der Waals surface area contributed by atoms with Crippen molar-refractivity contribution in [3.63, 3.8) is 0 Å². The molecule has 0 bridgehead atoms. The molecule has 6 nitrogen and oxygen atoms in total. The Labute approximate surface area is 114 Å². The Morgan fingerprint density at radius 2 is 1.89 bits per heavy atom. The Bertz CT molecular complexity index is 329. The molecule has 0 aliphatic rings. The number of hydrogen-bond donors (Lipinski definition) is 1. The summed E-state index contributed by atoms with van der Waals surface area (Å²) >= 11 is 0. The third kappa shape index (κ3) is 7.94. The fourth-order valence-corrected chi connectivity index (χ4v) is 1.60. The van der Waals surface area contributed by atoms with Crippen molar-refractivity contribution in [3.8, 4) is 0 Å². The van der Waals surface area contributed by atoms with Crippen LogP contribution in [-0.2, 0) is 27.2 Å². The van der Waals surface area contributed by atoms with Crippen molar-refractivity contribution in [2.75, 3.05) is 40.1 Å². The molecule has 0 radical (unpaired) electrons. The molecule has 6 heteroatoms. The molecule has 1 aromatic heterocycles. The Morgan fingerprint density at radius 3 is 2.58 bits per heavy atom. The lowest BCUT2D eigenvalue weighted by atomic mass is 10.2. The zero-order chi connectivity index (χ0) is 13.9. The van der Waals surface area contributed by atoms with Gasteiger partial charge in [0.05, 0.1) is 45.1 Å². The smallest absolute Gasteiger partial charge is 0.0950 e. The van der Waals surface area contributed by atoms with E-state index in [9.17, 15) is 0 Å². The first-order valence-corrected chi connectivity index (χ1v) is 6.63. The molecule has 0 saturated heterocycles. The summed E-state index contributed by atoms with van der Waals surface area (Å²) in [4.78, 5) is 4.29. The number of nitrogens with zero attached hydrogens (tertiary/aromatic N) is 2. The number of nitrogens with two attached hydrogens (primary N) is 1. The van der Waals surface area contributed by atoms with Gasteiger partial charge in [0, 0.05) is 32.3 Å². The van der Waals surface area contributed by atoms with Crippen LogP contribution in [0.2, 0.25) is 0 Å². The van der Waals surface area contributed by atoms with Gasteiger partial charge in [-0.2, -0.15) is 0 Å². The van der Waals surface area contributed by atoms with Gasteiger partial charge in [-0.1, -0.05) is 0 Å². The molecule has 1 unspecified atom stereocenters. The first-order chi connectivity index (χ1) is 9.22. The number of methoxy groups -OCH3 is 1. The van der Waals surface area contributed by atoms with Crippen LogP contribution >= 0.6 is 0 Å². The second-order valence-electron chi connectivity index (χ2n) is 4.50. The SMILES string of the molecule is COCCOCCOCCn1cnc(CC(C)N)c1. The van der Waals surface area contributed by atoms with Crippen molar-refractivity contribution in [2.24, 2.45) is 5.73 Å². The van der Waals surface area contributed by atoms with Crippen molar-refractivity contribution >= 4 is 0 Å². The Morgan fingerprint density at radius 1 is 1.21 bits per heavy atom. The van der Waals surface area contributed by atoms with E-state index in [1.807, 2.05) is 24.0 Å². The molecule has 19 heavy (non-hydrogen) atoms. The van der Waals surface area contributed by atoms with Gasteiger partial charge in [0.25, 0.3) is 0 Å². The van der Waals surface area contributed by atoms with Crippen LogP contribution in [0.5, 0.6) is 0 Å². The maximum atomic E-state index is 5.73. The molecule has 0 amide bonds. The molecule has 0 fully saturated rings. The monoisotopic (exact) mass is 271 g/mol. The largest absolute Gasteiger partial charge is 0.382 e. The second-order valence-corrected chi connectivity index (χ2v) is 4.50. The lowest BCUT2D eigenvalue weighted by Gasteiger charge is -2.06. The zero-order valence-corrected chi connectivity index (χ0v) is 11.9. The maximum Gasteiger partial charge on any atom is 0.0950 e. The fraction of sp³-hybridized carbons (Fsp3) is 0.769. The molecule has 0 aromatic carbocycles. The summed E-state index contributed by atoms with van der Waals surface area (Å²) < 4.78 is 17.6. The highest BCUT2D eigenvalue weighted by Gasteiger charge is 2.01. The van der Waals surface area contributed by atoms with Crippen LogP contribution in [0, 0.1) is 0 Å². The third-order valence-electron chi connectivity index (χ3n) is 2.52. The van der Waals surface area contributed by atoms with Crippen LogP contribution in [0.4, 0.5) is 0 Å². The summed E-state index contributed by atoms with van der Waals surface area (Å²) in [5, 5.41) is 0. The van der Waals surface area contributed by atoms with E-state index >= 15 is 0 Å². The predicted octanol–water partition coefficient (Wildman–Crippen LogP) is 0.452. The van der Waals surface area contributed by atoms with Crippen molar-refractivity contribution in [3.05, 3.63) is 18.2 Å². The van der Waals surface area contributed by atoms with Crippen LogP contribution in [-0.4, -0.2) is 55.7 Å². The molecule has 1 rings (SSSR count). The van der Waals surface area contributed by atoms with Gasteiger partial charge in [0.15, 0.2) is 0 Å². The Hall–Kier alpha value is -0.950. The predicted molar refractivity (Wildman–Crippen MR) is 73.1 cm³/mol. The van der Waals surface area contributed by atoms with Crippen LogP contribution in [0.1, 0.15) is 12.6 Å². The number of aromatic nitrogens is 2. The zero-order valence-electron chi connectivity index (χ0n) is 11.9. The van der Waals surface area contributed by atoms with Gasteiger partial charge in [-0.15, -0.1) is 0 Å². The normalized spacial score (nSPS) is 12.8. The van der Waals surface area contributed by atoms with E-state index in [2.05, 4.69) is 4.98 Å². The highest BCUT2D eigenvalue weighted by Crippen LogP contribution is 1.99. The fourth-order valence-electron chi connectivity index (χ4n) is 1.60. The van der Waals surface area contributed by atoms with Crippen LogP contribution < -0.4 is 5.73 Å². The molecular formula is C13H25N3O3. The number of ether oxygens (including phenoxy) is 3. The van der Waals surface area contributed by atoms with Gasteiger partial charge in [0.2, 0.25) is 0 Å². The van der Waals surface area contributed by atoms with E-state index in [0.29, 0.717) is 33.0 Å². The lowest BCUT2D eigenvalue weighted by molar-refractivity contribution is 0.0230. The van der Waals surface area contributed by atoms with Crippen LogP contribution in [0.3, 0.4) is 0 Å². The molecule has 0 aliphatic heterocycles. The van der Waals surface area contributed by atoms with E-state index in [1.165, 1.54) is 0 Å². The summed E-state index contributed by atoms with van der Waals surface area (Å²) in [6, 6.07) is 0.142. The quantitative estimate of drug-likeness (QED) is 0.592. The Balaban J connectivity index is 2.01.